The average Bonchev–Trinajstić information content (AvgIpc) is 2.36. The van der Waals surface area contributed by atoms with E-state index in [0.717, 1.165) is 19.3 Å². The predicted molar refractivity (Wildman–Crippen MR) is 76.2 cm³/mol. The molecule has 0 bridgehead atoms. The van der Waals surface area contributed by atoms with Crippen LogP contribution in [0.2, 0.25) is 0 Å². The van der Waals surface area contributed by atoms with Gasteiger partial charge in [0.2, 0.25) is 0 Å². The van der Waals surface area contributed by atoms with Crippen LogP contribution < -0.4 is 5.73 Å². The van der Waals surface area contributed by atoms with E-state index in [-0.39, 0.29) is 11.5 Å². The van der Waals surface area contributed by atoms with Crippen LogP contribution in [-0.4, -0.2) is 0 Å². The van der Waals surface area contributed by atoms with E-state index in [4.69, 9.17) is 5.73 Å². The summed E-state index contributed by atoms with van der Waals surface area (Å²) in [5.41, 5.74) is 10.8. The lowest BCUT2D eigenvalue weighted by atomic mass is 9.77. The van der Waals surface area contributed by atoms with E-state index in [1.54, 1.807) is 0 Å². The summed E-state index contributed by atoms with van der Waals surface area (Å²) >= 11 is 0. The number of hydrogen-bond acceptors (Lipinski definition) is 1. The van der Waals surface area contributed by atoms with Gasteiger partial charge < -0.3 is 5.73 Å². The summed E-state index contributed by atoms with van der Waals surface area (Å²) in [6, 6.07) is 6.92. The second kappa shape index (κ2) is 5.68. The standard InChI is InChI=1S/C16H27N/c1-6-12-9-10-13(7-2)14(11-12)15(17)16(4,5)8-3/h9-11,15H,6-8,17H2,1-5H3. The van der Waals surface area contributed by atoms with E-state index in [0.29, 0.717) is 0 Å². The Morgan fingerprint density at radius 2 is 1.76 bits per heavy atom. The maximum Gasteiger partial charge on any atom is 0.0349 e. The van der Waals surface area contributed by atoms with E-state index in [9.17, 15) is 0 Å². The van der Waals surface area contributed by atoms with Crippen molar-refractivity contribution in [2.45, 2.75) is 59.9 Å². The molecule has 1 rings (SSSR count). The summed E-state index contributed by atoms with van der Waals surface area (Å²) in [5, 5.41) is 0. The van der Waals surface area contributed by atoms with Crippen LogP contribution in [0.15, 0.2) is 18.2 Å². The molecule has 17 heavy (non-hydrogen) atoms. The Morgan fingerprint density at radius 1 is 1.12 bits per heavy atom. The molecule has 0 fully saturated rings. The van der Waals surface area contributed by atoms with Gasteiger partial charge in [0.1, 0.15) is 0 Å². The van der Waals surface area contributed by atoms with Gasteiger partial charge in [0.15, 0.2) is 0 Å². The molecule has 0 spiro atoms. The Balaban J connectivity index is 3.18. The first kappa shape index (κ1) is 14.2. The van der Waals surface area contributed by atoms with Crippen LogP contribution in [0.5, 0.6) is 0 Å². The van der Waals surface area contributed by atoms with Gasteiger partial charge in [0.25, 0.3) is 0 Å². The van der Waals surface area contributed by atoms with Crippen LogP contribution in [0.1, 0.15) is 63.8 Å². The van der Waals surface area contributed by atoms with Gasteiger partial charge in [-0.2, -0.15) is 0 Å². The summed E-state index contributed by atoms with van der Waals surface area (Å²) in [6.07, 6.45) is 3.25. The quantitative estimate of drug-likeness (QED) is 0.808. The third-order valence-corrected chi connectivity index (χ3v) is 4.09. The Labute approximate surface area is 106 Å². The highest BCUT2D eigenvalue weighted by molar-refractivity contribution is 5.35. The lowest BCUT2D eigenvalue weighted by Gasteiger charge is -2.32. The first-order chi connectivity index (χ1) is 7.96. The van der Waals surface area contributed by atoms with Crippen molar-refractivity contribution in [3.05, 3.63) is 34.9 Å². The molecule has 1 heteroatoms. The maximum absolute atomic E-state index is 6.48. The number of aryl methyl sites for hydroxylation is 2. The zero-order valence-electron chi connectivity index (χ0n) is 12.0. The lowest BCUT2D eigenvalue weighted by Crippen LogP contribution is -2.29. The lowest BCUT2D eigenvalue weighted by molar-refractivity contribution is 0.277. The van der Waals surface area contributed by atoms with Gasteiger partial charge in [-0.1, -0.05) is 52.8 Å². The fourth-order valence-corrected chi connectivity index (χ4v) is 2.12. The second-order valence-corrected chi connectivity index (χ2v) is 5.56. The van der Waals surface area contributed by atoms with Crippen LogP contribution in [0.4, 0.5) is 0 Å². The number of benzene rings is 1. The molecule has 96 valence electrons. The molecule has 0 aromatic heterocycles. The molecule has 1 aromatic rings. The molecule has 1 unspecified atom stereocenters. The Hall–Kier alpha value is -0.820. The Bertz CT molecular complexity index is 366. The van der Waals surface area contributed by atoms with E-state index >= 15 is 0 Å². The topological polar surface area (TPSA) is 26.0 Å². The molecule has 1 nitrogen and oxygen atoms in total. The largest absolute Gasteiger partial charge is 0.323 e. The molecule has 1 aromatic carbocycles. The number of hydrogen-bond donors (Lipinski definition) is 1. The van der Waals surface area contributed by atoms with E-state index in [1.807, 2.05) is 0 Å². The predicted octanol–water partition coefficient (Wildman–Crippen LogP) is 4.25. The van der Waals surface area contributed by atoms with Gasteiger partial charge >= 0.3 is 0 Å². The summed E-state index contributed by atoms with van der Waals surface area (Å²) in [5.74, 6) is 0. The van der Waals surface area contributed by atoms with E-state index in [1.165, 1.54) is 16.7 Å². The third kappa shape index (κ3) is 3.10. The summed E-state index contributed by atoms with van der Waals surface area (Å²) in [4.78, 5) is 0. The molecule has 2 N–H and O–H groups in total. The minimum Gasteiger partial charge on any atom is -0.323 e. The minimum absolute atomic E-state index is 0.133. The van der Waals surface area contributed by atoms with Crippen molar-refractivity contribution < 1.29 is 0 Å². The van der Waals surface area contributed by atoms with Crippen molar-refractivity contribution >= 4 is 0 Å². The highest BCUT2D eigenvalue weighted by Crippen LogP contribution is 2.36. The van der Waals surface area contributed by atoms with Gasteiger partial charge in [-0.15, -0.1) is 0 Å². The van der Waals surface area contributed by atoms with Crippen LogP contribution in [0.3, 0.4) is 0 Å². The summed E-state index contributed by atoms with van der Waals surface area (Å²) < 4.78 is 0. The molecule has 0 radical (unpaired) electrons. The van der Waals surface area contributed by atoms with Crippen molar-refractivity contribution in [3.8, 4) is 0 Å². The van der Waals surface area contributed by atoms with E-state index < -0.39 is 0 Å². The molecule has 1 atom stereocenters. The van der Waals surface area contributed by atoms with Crippen molar-refractivity contribution in [1.29, 1.82) is 0 Å². The highest BCUT2D eigenvalue weighted by Gasteiger charge is 2.27. The number of rotatable bonds is 5. The van der Waals surface area contributed by atoms with Crippen LogP contribution in [0, 0.1) is 5.41 Å². The molecule has 0 aliphatic rings. The molecule has 0 aliphatic heterocycles. The van der Waals surface area contributed by atoms with Crippen molar-refractivity contribution in [2.75, 3.05) is 0 Å². The van der Waals surface area contributed by atoms with Gasteiger partial charge in [-0.05, 0) is 41.4 Å². The van der Waals surface area contributed by atoms with Crippen molar-refractivity contribution in [2.24, 2.45) is 11.1 Å². The minimum atomic E-state index is 0.133. The molecule has 0 heterocycles. The molecule has 0 amide bonds. The third-order valence-electron chi connectivity index (χ3n) is 4.09. The average molecular weight is 233 g/mol. The van der Waals surface area contributed by atoms with Crippen LogP contribution >= 0.6 is 0 Å². The first-order valence-corrected chi connectivity index (χ1v) is 6.83. The van der Waals surface area contributed by atoms with Crippen LogP contribution in [0.25, 0.3) is 0 Å². The first-order valence-electron chi connectivity index (χ1n) is 6.83. The fraction of sp³-hybridized carbons (Fsp3) is 0.625. The Morgan fingerprint density at radius 3 is 2.24 bits per heavy atom. The van der Waals surface area contributed by atoms with Gasteiger partial charge in [0.05, 0.1) is 0 Å². The molecule has 0 aliphatic carbocycles. The monoisotopic (exact) mass is 233 g/mol. The number of nitrogens with two attached hydrogens (primary N) is 1. The van der Waals surface area contributed by atoms with Crippen LogP contribution in [-0.2, 0) is 12.8 Å². The van der Waals surface area contributed by atoms with Gasteiger partial charge in [0, 0.05) is 6.04 Å². The van der Waals surface area contributed by atoms with E-state index in [2.05, 4.69) is 52.8 Å². The molecular weight excluding hydrogens is 206 g/mol. The molecule has 0 saturated heterocycles. The van der Waals surface area contributed by atoms with Gasteiger partial charge in [-0.3, -0.25) is 0 Å². The van der Waals surface area contributed by atoms with Crippen molar-refractivity contribution in [1.82, 2.24) is 0 Å². The maximum atomic E-state index is 6.48. The summed E-state index contributed by atoms with van der Waals surface area (Å²) in [7, 11) is 0. The molecule has 0 saturated carbocycles. The second-order valence-electron chi connectivity index (χ2n) is 5.56. The SMILES string of the molecule is CCc1ccc(CC)c(C(N)C(C)(C)CC)c1. The normalized spacial score (nSPS) is 13.8. The Kier molecular flexibility index (Phi) is 4.76. The summed E-state index contributed by atoms with van der Waals surface area (Å²) in [6.45, 7) is 11.1. The highest BCUT2D eigenvalue weighted by atomic mass is 14.7. The molecular formula is C16H27N. The zero-order valence-corrected chi connectivity index (χ0v) is 12.0. The van der Waals surface area contributed by atoms with Gasteiger partial charge in [-0.25, -0.2) is 0 Å². The van der Waals surface area contributed by atoms with Crippen molar-refractivity contribution in [3.63, 3.8) is 0 Å². The smallest absolute Gasteiger partial charge is 0.0349 e. The fourth-order valence-electron chi connectivity index (χ4n) is 2.12. The zero-order chi connectivity index (χ0) is 13.1.